The van der Waals surface area contributed by atoms with Crippen LogP contribution in [0.5, 0.6) is 0 Å². The van der Waals surface area contributed by atoms with E-state index < -0.39 is 0 Å². The van der Waals surface area contributed by atoms with Crippen LogP contribution in [0.4, 0.5) is 0 Å². The highest BCUT2D eigenvalue weighted by Gasteiger charge is 2.02. The lowest BCUT2D eigenvalue weighted by atomic mass is 9.96. The van der Waals surface area contributed by atoms with Crippen LogP contribution in [0.2, 0.25) is 0 Å². The maximum atomic E-state index is 2.35. The number of aryl methyl sites for hydroxylation is 1. The van der Waals surface area contributed by atoms with E-state index >= 15 is 0 Å². The lowest BCUT2D eigenvalue weighted by Gasteiger charge is -2.10. The molecule has 0 nitrogen and oxygen atoms in total. The largest absolute Gasteiger partial charge is 0.0859 e. The summed E-state index contributed by atoms with van der Waals surface area (Å²) in [5.74, 6) is 0.776. The number of benzene rings is 1. The zero-order chi connectivity index (χ0) is 14.0. The van der Waals surface area contributed by atoms with E-state index in [1.807, 2.05) is 13.8 Å². The predicted molar refractivity (Wildman–Crippen MR) is 84.1 cm³/mol. The second-order valence-electron chi connectivity index (χ2n) is 5.15. The predicted octanol–water partition coefficient (Wildman–Crippen LogP) is 5.95. The fraction of sp³-hybridized carbons (Fsp3) is 0.556. The standard InChI is InChI=1S/C16H24.C2H6/c1-13(2)6-5-7-15(4)12-16-10-8-14(3)9-11-16;1-2/h6,8-11,15H,5,7,12H2,1-4H3;1-2H3. The third kappa shape index (κ3) is 8.11. The highest BCUT2D eigenvalue weighted by molar-refractivity contribution is 5.21. The maximum Gasteiger partial charge on any atom is -0.0253 e. The van der Waals surface area contributed by atoms with Crippen molar-refractivity contribution in [1.82, 2.24) is 0 Å². The second kappa shape index (κ2) is 9.94. The molecule has 1 unspecified atom stereocenters. The molecule has 0 bridgehead atoms. The number of hydrogen-bond acceptors (Lipinski definition) is 0. The molecule has 1 aromatic rings. The topological polar surface area (TPSA) is 0 Å². The molecule has 102 valence electrons. The highest BCUT2D eigenvalue weighted by Crippen LogP contribution is 2.15. The first-order chi connectivity index (χ1) is 8.58. The van der Waals surface area contributed by atoms with Crippen molar-refractivity contribution in [2.45, 2.75) is 60.8 Å². The third-order valence-electron chi connectivity index (χ3n) is 2.92. The van der Waals surface area contributed by atoms with Crippen molar-refractivity contribution in [3.05, 3.63) is 47.0 Å². The summed E-state index contributed by atoms with van der Waals surface area (Å²) in [4.78, 5) is 0. The molecule has 1 rings (SSSR count). The summed E-state index contributed by atoms with van der Waals surface area (Å²) in [6.07, 6.45) is 6.05. The van der Waals surface area contributed by atoms with Crippen LogP contribution in [0.1, 0.15) is 58.6 Å². The molecule has 0 heterocycles. The van der Waals surface area contributed by atoms with Crippen molar-refractivity contribution in [2.75, 3.05) is 0 Å². The molecular formula is C18H30. The first-order valence-electron chi connectivity index (χ1n) is 7.27. The molecule has 18 heavy (non-hydrogen) atoms. The molecule has 0 radical (unpaired) electrons. The normalized spacial score (nSPS) is 11.2. The molecule has 0 aliphatic heterocycles. The second-order valence-corrected chi connectivity index (χ2v) is 5.15. The Hall–Kier alpha value is -1.04. The van der Waals surface area contributed by atoms with E-state index in [0.717, 1.165) is 5.92 Å². The molecule has 0 heteroatoms. The van der Waals surface area contributed by atoms with Crippen LogP contribution >= 0.6 is 0 Å². The summed E-state index contributed by atoms with van der Waals surface area (Å²) < 4.78 is 0. The zero-order valence-corrected chi connectivity index (χ0v) is 13.1. The fourth-order valence-electron chi connectivity index (χ4n) is 1.89. The third-order valence-corrected chi connectivity index (χ3v) is 2.92. The number of hydrogen-bond donors (Lipinski definition) is 0. The van der Waals surface area contributed by atoms with Crippen molar-refractivity contribution in [1.29, 1.82) is 0 Å². The Labute approximate surface area is 114 Å². The van der Waals surface area contributed by atoms with E-state index in [-0.39, 0.29) is 0 Å². The Morgan fingerprint density at radius 3 is 2.17 bits per heavy atom. The lowest BCUT2D eigenvalue weighted by Crippen LogP contribution is -1.99. The average Bonchev–Trinajstić information content (AvgIpc) is 2.34. The van der Waals surface area contributed by atoms with Crippen LogP contribution in [-0.4, -0.2) is 0 Å². The van der Waals surface area contributed by atoms with Gasteiger partial charge in [0, 0.05) is 0 Å². The monoisotopic (exact) mass is 246 g/mol. The van der Waals surface area contributed by atoms with Gasteiger partial charge in [-0.05, 0) is 51.5 Å². The summed E-state index contributed by atoms with van der Waals surface area (Å²) in [5, 5.41) is 0. The molecule has 0 spiro atoms. The minimum Gasteiger partial charge on any atom is -0.0859 e. The first kappa shape index (κ1) is 17.0. The lowest BCUT2D eigenvalue weighted by molar-refractivity contribution is 0.535. The van der Waals surface area contributed by atoms with Gasteiger partial charge in [0.15, 0.2) is 0 Å². The molecule has 0 aromatic heterocycles. The van der Waals surface area contributed by atoms with Gasteiger partial charge in [-0.25, -0.2) is 0 Å². The first-order valence-corrected chi connectivity index (χ1v) is 7.27. The smallest absolute Gasteiger partial charge is 0.0253 e. The van der Waals surface area contributed by atoms with Crippen molar-refractivity contribution >= 4 is 0 Å². The summed E-state index contributed by atoms with van der Waals surface area (Å²) in [6.45, 7) is 12.8. The quantitative estimate of drug-likeness (QED) is 0.563. The van der Waals surface area contributed by atoms with Crippen LogP contribution in [0.25, 0.3) is 0 Å². The Kier molecular flexibility index (Phi) is 9.36. The van der Waals surface area contributed by atoms with E-state index in [9.17, 15) is 0 Å². The average molecular weight is 246 g/mol. The van der Waals surface area contributed by atoms with Gasteiger partial charge < -0.3 is 0 Å². The van der Waals surface area contributed by atoms with Gasteiger partial charge in [-0.1, -0.05) is 62.2 Å². The molecule has 0 amide bonds. The molecular weight excluding hydrogens is 216 g/mol. The minimum absolute atomic E-state index is 0.776. The van der Waals surface area contributed by atoms with E-state index in [1.165, 1.54) is 36.0 Å². The van der Waals surface area contributed by atoms with Crippen molar-refractivity contribution in [3.8, 4) is 0 Å². The fourth-order valence-corrected chi connectivity index (χ4v) is 1.89. The van der Waals surface area contributed by atoms with Crippen LogP contribution in [-0.2, 0) is 6.42 Å². The van der Waals surface area contributed by atoms with E-state index in [4.69, 9.17) is 0 Å². The Balaban J connectivity index is 0.00000137. The van der Waals surface area contributed by atoms with Crippen molar-refractivity contribution in [2.24, 2.45) is 5.92 Å². The van der Waals surface area contributed by atoms with Crippen LogP contribution in [0, 0.1) is 12.8 Å². The van der Waals surface area contributed by atoms with Gasteiger partial charge in [-0.3, -0.25) is 0 Å². The molecule has 1 aromatic carbocycles. The van der Waals surface area contributed by atoms with Crippen LogP contribution < -0.4 is 0 Å². The van der Waals surface area contributed by atoms with Crippen LogP contribution in [0.3, 0.4) is 0 Å². The van der Waals surface area contributed by atoms with Gasteiger partial charge in [0.1, 0.15) is 0 Å². The van der Waals surface area contributed by atoms with Crippen LogP contribution in [0.15, 0.2) is 35.9 Å². The molecule has 0 aliphatic rings. The van der Waals surface area contributed by atoms with Gasteiger partial charge >= 0.3 is 0 Å². The van der Waals surface area contributed by atoms with Gasteiger partial charge in [0.2, 0.25) is 0 Å². The molecule has 0 saturated carbocycles. The number of allylic oxidation sites excluding steroid dienone is 2. The number of rotatable bonds is 5. The Bertz CT molecular complexity index is 326. The highest BCUT2D eigenvalue weighted by atomic mass is 14.1. The van der Waals surface area contributed by atoms with E-state index in [1.54, 1.807) is 0 Å². The van der Waals surface area contributed by atoms with Gasteiger partial charge in [0.25, 0.3) is 0 Å². The maximum absolute atomic E-state index is 2.35. The van der Waals surface area contributed by atoms with Gasteiger partial charge in [0.05, 0.1) is 0 Å². The van der Waals surface area contributed by atoms with Crippen molar-refractivity contribution in [3.63, 3.8) is 0 Å². The minimum atomic E-state index is 0.776. The summed E-state index contributed by atoms with van der Waals surface area (Å²) in [5.41, 5.74) is 4.25. The zero-order valence-electron chi connectivity index (χ0n) is 13.1. The van der Waals surface area contributed by atoms with Gasteiger partial charge in [-0.2, -0.15) is 0 Å². The summed E-state index contributed by atoms with van der Waals surface area (Å²) >= 11 is 0. The SMILES string of the molecule is CC.CC(C)=CCCC(C)Cc1ccc(C)cc1. The summed E-state index contributed by atoms with van der Waals surface area (Å²) in [7, 11) is 0. The summed E-state index contributed by atoms with van der Waals surface area (Å²) in [6, 6.07) is 8.93. The Morgan fingerprint density at radius 1 is 1.11 bits per heavy atom. The molecule has 0 N–H and O–H groups in total. The van der Waals surface area contributed by atoms with E-state index in [2.05, 4.69) is 58.0 Å². The Morgan fingerprint density at radius 2 is 1.67 bits per heavy atom. The molecule has 0 aliphatic carbocycles. The molecule has 1 atom stereocenters. The molecule has 0 fully saturated rings. The van der Waals surface area contributed by atoms with Gasteiger partial charge in [-0.15, -0.1) is 0 Å². The van der Waals surface area contributed by atoms with E-state index in [0.29, 0.717) is 0 Å². The van der Waals surface area contributed by atoms with Crippen molar-refractivity contribution < 1.29 is 0 Å². The molecule has 0 saturated heterocycles.